The maximum atomic E-state index is 13.2. The molecule has 1 aliphatic rings. The minimum atomic E-state index is -0.229. The summed E-state index contributed by atoms with van der Waals surface area (Å²) in [6.45, 7) is 4.30. The molecule has 0 bridgehead atoms. The van der Waals surface area contributed by atoms with Crippen LogP contribution in [0.5, 0.6) is 0 Å². The van der Waals surface area contributed by atoms with Crippen molar-refractivity contribution in [3.05, 3.63) is 66.1 Å². The van der Waals surface area contributed by atoms with Crippen LogP contribution in [0.1, 0.15) is 30.0 Å². The van der Waals surface area contributed by atoms with Gasteiger partial charge < -0.3 is 25.3 Å². The molecule has 4 rings (SSSR count). The number of hydrogen-bond donors (Lipinski definition) is 2. The van der Waals surface area contributed by atoms with Crippen LogP contribution in [0, 0.1) is 0 Å². The highest BCUT2D eigenvalue weighted by atomic mass is 16.3. The number of anilines is 3. The topological polar surface area (TPSA) is 91.8 Å². The third kappa shape index (κ3) is 3.68. The van der Waals surface area contributed by atoms with Gasteiger partial charge in [0.2, 0.25) is 5.91 Å². The first-order valence-corrected chi connectivity index (χ1v) is 10.2. The van der Waals surface area contributed by atoms with Crippen LogP contribution in [-0.2, 0) is 11.3 Å². The van der Waals surface area contributed by atoms with Gasteiger partial charge in [-0.25, -0.2) is 0 Å². The molecule has 2 heterocycles. The van der Waals surface area contributed by atoms with Crippen molar-refractivity contribution in [2.75, 3.05) is 28.7 Å². The van der Waals surface area contributed by atoms with E-state index in [9.17, 15) is 9.59 Å². The Kier molecular flexibility index (Phi) is 5.52. The Morgan fingerprint density at radius 1 is 1.13 bits per heavy atom. The molecule has 2 aromatic carbocycles. The van der Waals surface area contributed by atoms with Crippen LogP contribution in [0.3, 0.4) is 0 Å². The molecule has 0 saturated heterocycles. The van der Waals surface area contributed by atoms with Crippen LogP contribution in [0.15, 0.2) is 59.2 Å². The molecule has 0 fully saturated rings. The minimum Gasteiger partial charge on any atom is -0.459 e. The number of nitrogens with one attached hydrogen (secondary N) is 1. The van der Waals surface area contributed by atoms with Crippen molar-refractivity contribution in [1.29, 1.82) is 0 Å². The van der Waals surface area contributed by atoms with E-state index in [0.29, 0.717) is 24.5 Å². The van der Waals surface area contributed by atoms with Gasteiger partial charge in [0.15, 0.2) is 5.76 Å². The molecule has 0 spiro atoms. The lowest BCUT2D eigenvalue weighted by atomic mass is 9.98. The van der Waals surface area contributed by atoms with Crippen LogP contribution in [0.25, 0.3) is 11.1 Å². The van der Waals surface area contributed by atoms with Crippen molar-refractivity contribution in [2.24, 2.45) is 5.73 Å². The van der Waals surface area contributed by atoms with E-state index in [1.54, 1.807) is 28.9 Å². The van der Waals surface area contributed by atoms with Gasteiger partial charge in [-0.05, 0) is 53.9 Å². The molecule has 160 valence electrons. The Labute approximate surface area is 181 Å². The fraction of sp³-hybridized carbons (Fsp3) is 0.250. The molecule has 31 heavy (non-hydrogen) atoms. The second kappa shape index (κ2) is 8.28. The van der Waals surface area contributed by atoms with Gasteiger partial charge in [-0.3, -0.25) is 9.59 Å². The summed E-state index contributed by atoms with van der Waals surface area (Å²) in [5.74, 6) is -0.0196. The second-order valence-electron chi connectivity index (χ2n) is 7.66. The van der Waals surface area contributed by atoms with Crippen molar-refractivity contribution in [3.63, 3.8) is 0 Å². The lowest BCUT2D eigenvalue weighted by molar-refractivity contribution is -0.117. The number of fused-ring (bicyclic) bond motifs is 1. The van der Waals surface area contributed by atoms with Crippen LogP contribution >= 0.6 is 0 Å². The van der Waals surface area contributed by atoms with E-state index in [1.165, 1.54) is 6.26 Å². The fourth-order valence-corrected chi connectivity index (χ4v) is 4.18. The second-order valence-corrected chi connectivity index (χ2v) is 7.66. The smallest absolute Gasteiger partial charge is 0.294 e. The lowest BCUT2D eigenvalue weighted by Gasteiger charge is -2.40. The molecule has 0 saturated carbocycles. The van der Waals surface area contributed by atoms with Gasteiger partial charge in [-0.1, -0.05) is 18.2 Å². The summed E-state index contributed by atoms with van der Waals surface area (Å²) in [6.07, 6.45) is 1.48. The largest absolute Gasteiger partial charge is 0.459 e. The number of nitrogens with zero attached hydrogens (tertiary/aromatic N) is 2. The Hall–Kier alpha value is -3.58. The minimum absolute atomic E-state index is 0.0589. The van der Waals surface area contributed by atoms with E-state index in [-0.39, 0.29) is 23.6 Å². The van der Waals surface area contributed by atoms with Gasteiger partial charge in [0.05, 0.1) is 23.7 Å². The monoisotopic (exact) mass is 418 g/mol. The van der Waals surface area contributed by atoms with Crippen molar-refractivity contribution in [3.8, 4) is 11.1 Å². The molecule has 3 aromatic rings. The number of carbonyl (C=O) groups is 2. The van der Waals surface area contributed by atoms with Crippen molar-refractivity contribution in [1.82, 2.24) is 0 Å². The zero-order valence-electron chi connectivity index (χ0n) is 17.9. The first-order valence-electron chi connectivity index (χ1n) is 10.2. The van der Waals surface area contributed by atoms with Crippen molar-refractivity contribution in [2.45, 2.75) is 26.4 Å². The summed E-state index contributed by atoms with van der Waals surface area (Å²) >= 11 is 0. The normalized spacial score (nSPS) is 15.5. The molecule has 7 heteroatoms. The summed E-state index contributed by atoms with van der Waals surface area (Å²) in [5.41, 5.74) is 11.1. The Morgan fingerprint density at radius 2 is 1.87 bits per heavy atom. The van der Waals surface area contributed by atoms with Gasteiger partial charge in [0.1, 0.15) is 0 Å². The highest BCUT2D eigenvalue weighted by molar-refractivity contribution is 6.10. The number of amides is 2. The van der Waals surface area contributed by atoms with E-state index < -0.39 is 0 Å². The average molecular weight is 418 g/mol. The number of furan rings is 1. The summed E-state index contributed by atoms with van der Waals surface area (Å²) in [7, 11) is 1.86. The van der Waals surface area contributed by atoms with Crippen molar-refractivity contribution < 1.29 is 14.0 Å². The van der Waals surface area contributed by atoms with Gasteiger partial charge in [-0.2, -0.15) is 0 Å². The lowest BCUT2D eigenvalue weighted by Crippen LogP contribution is -2.51. The van der Waals surface area contributed by atoms with E-state index >= 15 is 0 Å². The number of rotatable bonds is 4. The van der Waals surface area contributed by atoms with E-state index in [1.807, 2.05) is 50.4 Å². The molecule has 0 radical (unpaired) electrons. The zero-order valence-corrected chi connectivity index (χ0v) is 17.9. The van der Waals surface area contributed by atoms with E-state index in [2.05, 4.69) is 5.32 Å². The molecule has 1 aromatic heterocycles. The third-order valence-electron chi connectivity index (χ3n) is 5.66. The number of nitrogens with two attached hydrogens (primary N) is 1. The molecule has 2 amide bonds. The third-order valence-corrected chi connectivity index (χ3v) is 5.66. The van der Waals surface area contributed by atoms with Gasteiger partial charge in [0.25, 0.3) is 5.91 Å². The maximum Gasteiger partial charge on any atom is 0.294 e. The van der Waals surface area contributed by atoms with Crippen molar-refractivity contribution >= 4 is 28.9 Å². The molecule has 0 aliphatic carbocycles. The molecule has 1 atom stereocenters. The molecule has 3 N–H and O–H groups in total. The van der Waals surface area contributed by atoms with Crippen LogP contribution in [0.4, 0.5) is 17.1 Å². The standard InChI is InChI=1S/C24H26N4O3/c1-15-14-27(24(30)23-5-4-10-31-23)22-12-18(8-9-21(22)28(15)16(2)29)17-6-7-19(13-25)20(11-17)26-3/h4-12,15,26H,13-14,25H2,1-3H3/t15-/m0/s1. The van der Waals surface area contributed by atoms with Gasteiger partial charge in [-0.15, -0.1) is 0 Å². The molecular formula is C24H26N4O3. The van der Waals surface area contributed by atoms with Gasteiger partial charge in [0, 0.05) is 32.7 Å². The molecule has 7 nitrogen and oxygen atoms in total. The van der Waals surface area contributed by atoms with Crippen LogP contribution in [-0.4, -0.2) is 31.4 Å². The zero-order chi connectivity index (χ0) is 22.1. The predicted octanol–water partition coefficient (Wildman–Crippen LogP) is 3.85. The van der Waals surface area contributed by atoms with E-state index in [4.69, 9.17) is 10.2 Å². The Bertz CT molecular complexity index is 1120. The quantitative estimate of drug-likeness (QED) is 0.672. The highest BCUT2D eigenvalue weighted by Gasteiger charge is 2.35. The van der Waals surface area contributed by atoms with Crippen LogP contribution < -0.4 is 20.9 Å². The SMILES string of the molecule is CNc1cc(-c2ccc3c(c2)N(C(=O)c2ccco2)C[C@H](C)N3C(C)=O)ccc1CN. The van der Waals surface area contributed by atoms with Crippen LogP contribution in [0.2, 0.25) is 0 Å². The van der Waals surface area contributed by atoms with E-state index in [0.717, 1.165) is 22.4 Å². The number of hydrogen-bond acceptors (Lipinski definition) is 5. The first-order chi connectivity index (χ1) is 14.9. The summed E-state index contributed by atoms with van der Waals surface area (Å²) in [4.78, 5) is 29.0. The Morgan fingerprint density at radius 3 is 2.52 bits per heavy atom. The van der Waals surface area contributed by atoms with Gasteiger partial charge >= 0.3 is 0 Å². The summed E-state index contributed by atoms with van der Waals surface area (Å²) < 4.78 is 5.35. The average Bonchev–Trinajstić information content (AvgIpc) is 3.32. The summed E-state index contributed by atoms with van der Waals surface area (Å²) in [6, 6.07) is 15.1. The Balaban J connectivity index is 1.84. The fourth-order valence-electron chi connectivity index (χ4n) is 4.18. The predicted molar refractivity (Wildman–Crippen MR) is 122 cm³/mol. The maximum absolute atomic E-state index is 13.2. The highest BCUT2D eigenvalue weighted by Crippen LogP contribution is 2.40. The molecular weight excluding hydrogens is 392 g/mol. The summed E-state index contributed by atoms with van der Waals surface area (Å²) in [5, 5.41) is 3.18. The number of carbonyl (C=O) groups excluding carboxylic acids is 2. The number of benzene rings is 2. The first kappa shape index (κ1) is 20.7. The molecule has 0 unspecified atom stereocenters. The molecule has 1 aliphatic heterocycles.